The van der Waals surface area contributed by atoms with Crippen molar-refractivity contribution in [1.29, 1.82) is 0 Å². The number of hydrogen-bond donors (Lipinski definition) is 9. The normalized spacial score (nSPS) is 13.3. The van der Waals surface area contributed by atoms with Crippen LogP contribution in [0.2, 0.25) is 0 Å². The smallest absolute Gasteiger partial charge is 0.322 e. The van der Waals surface area contributed by atoms with E-state index >= 15 is 0 Å². The van der Waals surface area contributed by atoms with Crippen molar-refractivity contribution in [3.8, 4) is 0 Å². The van der Waals surface area contributed by atoms with Crippen LogP contribution in [-0.4, -0.2) is 89.6 Å². The lowest BCUT2D eigenvalue weighted by atomic mass is 10.2. The number of hydrogen-bond acceptors (Lipinski definition) is 9. The molecule has 4 unspecified atom stereocenters. The third-order valence-corrected chi connectivity index (χ3v) is 3.70. The molecule has 0 saturated heterocycles. The Bertz CT molecular complexity index is 624. The molecule has 0 aliphatic carbocycles. The highest BCUT2D eigenvalue weighted by Gasteiger charge is 2.20. The van der Waals surface area contributed by atoms with Gasteiger partial charge in [-0.2, -0.15) is 0 Å². The van der Waals surface area contributed by atoms with Gasteiger partial charge in [-0.05, 0) is 20.3 Å². The van der Waals surface area contributed by atoms with Crippen molar-refractivity contribution in [2.24, 2.45) is 17.2 Å². The lowest BCUT2D eigenvalue weighted by Gasteiger charge is -2.15. The molecule has 16 heteroatoms. The highest BCUT2D eigenvalue weighted by molar-refractivity contribution is 8.93. The number of amides is 4. The molecule has 33 heavy (non-hydrogen) atoms. The number of carboxylic acid groups (broad SMARTS) is 2. The molecule has 0 saturated carbocycles. The summed E-state index contributed by atoms with van der Waals surface area (Å²) in [5.41, 5.74) is 15.9. The maximum absolute atomic E-state index is 11.3. The molecule has 0 radical (unpaired) electrons. The highest BCUT2D eigenvalue weighted by atomic mass is 79.9. The van der Waals surface area contributed by atoms with Crippen molar-refractivity contribution in [1.82, 2.24) is 21.3 Å². The van der Waals surface area contributed by atoms with Crippen LogP contribution in [-0.2, 0) is 28.8 Å². The molecule has 0 aliphatic rings. The Morgan fingerprint density at radius 2 is 1.06 bits per heavy atom. The lowest BCUT2D eigenvalue weighted by molar-refractivity contribution is -0.138. The zero-order chi connectivity index (χ0) is 25.4. The summed E-state index contributed by atoms with van der Waals surface area (Å²) < 4.78 is 0. The molecule has 0 bridgehead atoms. The van der Waals surface area contributed by atoms with Gasteiger partial charge in [0.05, 0.1) is 12.1 Å². The fourth-order valence-electron chi connectivity index (χ4n) is 1.70. The largest absolute Gasteiger partial charge is 0.480 e. The molecule has 0 aromatic carbocycles. The van der Waals surface area contributed by atoms with Gasteiger partial charge in [0, 0.05) is 6.54 Å². The minimum Gasteiger partial charge on any atom is -0.480 e. The highest BCUT2D eigenvalue weighted by Crippen LogP contribution is 1.89. The third kappa shape index (κ3) is 17.4. The molecule has 4 atom stereocenters. The minimum atomic E-state index is -1.16. The Kier molecular flexibility index (Phi) is 19.7. The number of aliphatic carboxylic acids is 2. The maximum Gasteiger partial charge on any atom is 0.322 e. The zero-order valence-corrected chi connectivity index (χ0v) is 20.3. The number of carboxylic acids is 2. The van der Waals surface area contributed by atoms with Crippen LogP contribution >= 0.6 is 17.0 Å². The van der Waals surface area contributed by atoms with Crippen molar-refractivity contribution >= 4 is 52.5 Å². The molecule has 15 nitrogen and oxygen atoms in total. The quantitative estimate of drug-likeness (QED) is 0.114. The van der Waals surface area contributed by atoms with E-state index in [4.69, 9.17) is 27.4 Å². The van der Waals surface area contributed by atoms with Crippen LogP contribution in [0.1, 0.15) is 27.2 Å². The first-order chi connectivity index (χ1) is 14.8. The topological polar surface area (TPSA) is 269 Å². The first-order valence-corrected chi connectivity index (χ1v) is 9.57. The Labute approximate surface area is 201 Å². The fraction of sp³-hybridized carbons (Fsp3) is 0.647. The number of rotatable bonds is 12. The molecule has 0 rings (SSSR count). The average molecular weight is 544 g/mol. The van der Waals surface area contributed by atoms with Gasteiger partial charge in [0.2, 0.25) is 23.6 Å². The molecule has 0 fully saturated rings. The molecule has 12 N–H and O–H groups in total. The molecule has 192 valence electrons. The monoisotopic (exact) mass is 543 g/mol. The standard InChI is InChI=1S/C9H17N3O4.C8H16N4O4.BrH/c1-3-6(10)9(16)12-5(2)8(15)11-4-7(13)14;1-4(7(15)11-3-6(13)14)12-8(16)5(10)2-9;/h5-6H,3-4,10H2,1-2H3,(H,11,15)(H,12,16)(H,13,14);4-5H,2-3,9-10H2,1H3,(H,11,15)(H,12,16)(H,13,14);1H. The van der Waals surface area contributed by atoms with Gasteiger partial charge in [-0.15, -0.1) is 17.0 Å². The van der Waals surface area contributed by atoms with Crippen LogP contribution < -0.4 is 38.5 Å². The van der Waals surface area contributed by atoms with Crippen LogP contribution in [0.25, 0.3) is 0 Å². The first-order valence-electron chi connectivity index (χ1n) is 9.57. The molecule has 0 aliphatic heterocycles. The van der Waals surface area contributed by atoms with E-state index in [1.54, 1.807) is 6.92 Å². The molecule has 4 amide bonds. The number of nitrogens with one attached hydrogen (secondary N) is 4. The van der Waals surface area contributed by atoms with Crippen LogP contribution in [0.3, 0.4) is 0 Å². The van der Waals surface area contributed by atoms with E-state index in [1.807, 2.05) is 0 Å². The van der Waals surface area contributed by atoms with E-state index in [0.717, 1.165) is 0 Å². The van der Waals surface area contributed by atoms with Crippen LogP contribution in [0.15, 0.2) is 0 Å². The van der Waals surface area contributed by atoms with Gasteiger partial charge in [-0.1, -0.05) is 6.92 Å². The lowest BCUT2D eigenvalue weighted by Crippen LogP contribution is -2.52. The predicted molar refractivity (Wildman–Crippen MR) is 122 cm³/mol. The Morgan fingerprint density at radius 3 is 1.33 bits per heavy atom. The third-order valence-electron chi connectivity index (χ3n) is 3.70. The predicted octanol–water partition coefficient (Wildman–Crippen LogP) is -4.01. The van der Waals surface area contributed by atoms with E-state index in [2.05, 4.69) is 21.3 Å². The summed E-state index contributed by atoms with van der Waals surface area (Å²) in [6.07, 6.45) is 0.468. The number of halogens is 1. The van der Waals surface area contributed by atoms with E-state index < -0.39 is 72.8 Å². The summed E-state index contributed by atoms with van der Waals surface area (Å²) in [4.78, 5) is 65.4. The number of carbonyl (C=O) groups is 6. The fourth-order valence-corrected chi connectivity index (χ4v) is 1.70. The Balaban J connectivity index is -0.000000529. The second kappa shape index (κ2) is 18.7. The second-order valence-electron chi connectivity index (χ2n) is 6.54. The molecule has 0 heterocycles. The summed E-state index contributed by atoms with van der Waals surface area (Å²) in [6, 6.07) is -3.20. The summed E-state index contributed by atoms with van der Waals surface area (Å²) in [5, 5.41) is 25.6. The maximum atomic E-state index is 11.3. The van der Waals surface area contributed by atoms with Crippen molar-refractivity contribution in [3.63, 3.8) is 0 Å². The summed E-state index contributed by atoms with van der Waals surface area (Å²) in [5.74, 6) is -4.44. The van der Waals surface area contributed by atoms with Gasteiger partial charge in [-0.25, -0.2) is 0 Å². The molecule has 0 spiro atoms. The van der Waals surface area contributed by atoms with Crippen LogP contribution in [0.5, 0.6) is 0 Å². The van der Waals surface area contributed by atoms with Gasteiger partial charge in [-0.3, -0.25) is 28.8 Å². The summed E-state index contributed by atoms with van der Waals surface area (Å²) >= 11 is 0. The van der Waals surface area contributed by atoms with Gasteiger partial charge in [0.15, 0.2) is 0 Å². The average Bonchev–Trinajstić information content (AvgIpc) is 2.74. The van der Waals surface area contributed by atoms with Crippen LogP contribution in [0.4, 0.5) is 0 Å². The van der Waals surface area contributed by atoms with E-state index in [0.29, 0.717) is 6.42 Å². The minimum absolute atomic E-state index is 0. The SMILES string of the molecule is Br.CC(NC(=O)C(N)CN)C(=O)NCC(=O)O.CCC(N)C(=O)NC(C)C(=O)NCC(=O)O. The van der Waals surface area contributed by atoms with Crippen molar-refractivity contribution in [3.05, 3.63) is 0 Å². The summed E-state index contributed by atoms with van der Waals surface area (Å²) in [6.45, 7) is 3.62. The first kappa shape index (κ1) is 34.8. The van der Waals surface area contributed by atoms with Gasteiger partial charge in [0.25, 0.3) is 0 Å². The van der Waals surface area contributed by atoms with E-state index in [1.165, 1.54) is 13.8 Å². The Morgan fingerprint density at radius 1 is 0.727 bits per heavy atom. The number of nitrogens with two attached hydrogens (primary N) is 3. The van der Waals surface area contributed by atoms with Crippen molar-refractivity contribution in [2.45, 2.75) is 51.4 Å². The Hall–Kier alpha value is -2.82. The van der Waals surface area contributed by atoms with Gasteiger partial charge < -0.3 is 48.7 Å². The zero-order valence-electron chi connectivity index (χ0n) is 18.6. The van der Waals surface area contributed by atoms with E-state index in [9.17, 15) is 28.8 Å². The van der Waals surface area contributed by atoms with Crippen molar-refractivity contribution < 1.29 is 39.0 Å². The second-order valence-corrected chi connectivity index (χ2v) is 6.54. The summed E-state index contributed by atoms with van der Waals surface area (Å²) in [7, 11) is 0. The van der Waals surface area contributed by atoms with Crippen LogP contribution in [0, 0.1) is 0 Å². The van der Waals surface area contributed by atoms with Gasteiger partial charge >= 0.3 is 11.9 Å². The van der Waals surface area contributed by atoms with Crippen molar-refractivity contribution in [2.75, 3.05) is 19.6 Å². The van der Waals surface area contributed by atoms with Gasteiger partial charge in [0.1, 0.15) is 25.2 Å². The molecular weight excluding hydrogens is 510 g/mol. The molecular formula is C17H34BrN7O8. The van der Waals surface area contributed by atoms with E-state index in [-0.39, 0.29) is 23.5 Å². The number of carbonyl (C=O) groups excluding carboxylic acids is 4. The molecule has 0 aromatic heterocycles. The molecule has 0 aromatic rings.